The van der Waals surface area contributed by atoms with E-state index in [9.17, 15) is 18.0 Å². The molecule has 3 aromatic carbocycles. The Hall–Kier alpha value is -3.69. The maximum Gasteiger partial charge on any atom is 0.304 e. The summed E-state index contributed by atoms with van der Waals surface area (Å²) in [6.45, 7) is 5.55. The van der Waals surface area contributed by atoms with Crippen LogP contribution in [0, 0.1) is 6.92 Å². The largest absolute Gasteiger partial charge is 0.352 e. The van der Waals surface area contributed by atoms with Crippen LogP contribution in [0.4, 0.5) is 5.69 Å². The van der Waals surface area contributed by atoms with Crippen LogP contribution in [0.15, 0.2) is 84.9 Å². The van der Waals surface area contributed by atoms with E-state index in [0.29, 0.717) is 5.69 Å². The summed E-state index contributed by atoms with van der Waals surface area (Å²) in [4.78, 5) is 29.5. The fraction of sp³-hybridized carbons (Fsp3) is 0.355. The summed E-state index contributed by atoms with van der Waals surface area (Å²) in [6.07, 6.45) is 1.02. The lowest BCUT2D eigenvalue weighted by Gasteiger charge is -2.35. The molecule has 3 aromatic rings. The number of benzene rings is 3. The maximum atomic E-state index is 14.2. The molecule has 9 heteroatoms. The number of carbonyl (C=O) groups is 2. The molecule has 1 N–H and O–H groups in total. The van der Waals surface area contributed by atoms with Crippen molar-refractivity contribution in [1.82, 2.24) is 14.5 Å². The number of hydrogen-bond acceptors (Lipinski definition) is 4. The molecule has 0 unspecified atom stereocenters. The van der Waals surface area contributed by atoms with Crippen molar-refractivity contribution in [2.24, 2.45) is 0 Å². The zero-order valence-electron chi connectivity index (χ0n) is 23.9. The average molecular weight is 565 g/mol. The Morgan fingerprint density at radius 2 is 1.45 bits per heavy atom. The predicted molar refractivity (Wildman–Crippen MR) is 160 cm³/mol. The first-order valence-corrected chi connectivity index (χ1v) is 14.9. The van der Waals surface area contributed by atoms with Crippen molar-refractivity contribution in [3.05, 3.63) is 102 Å². The number of carbonyl (C=O) groups excluding carboxylic acids is 2. The third-order valence-corrected chi connectivity index (χ3v) is 8.76. The number of rotatable bonds is 13. The lowest BCUT2D eigenvalue weighted by molar-refractivity contribution is -0.140. The first-order chi connectivity index (χ1) is 19.0. The van der Waals surface area contributed by atoms with Gasteiger partial charge in [0.1, 0.15) is 12.6 Å². The van der Waals surface area contributed by atoms with Gasteiger partial charge in [0.05, 0.1) is 5.69 Å². The molecule has 0 bridgehead atoms. The van der Waals surface area contributed by atoms with E-state index < -0.39 is 28.7 Å². The van der Waals surface area contributed by atoms with Gasteiger partial charge >= 0.3 is 10.2 Å². The quantitative estimate of drug-likeness (QED) is 0.338. The second kappa shape index (κ2) is 14.1. The van der Waals surface area contributed by atoms with E-state index in [-0.39, 0.29) is 24.9 Å². The first-order valence-electron chi connectivity index (χ1n) is 13.5. The van der Waals surface area contributed by atoms with E-state index in [0.717, 1.165) is 31.7 Å². The van der Waals surface area contributed by atoms with Crippen molar-refractivity contribution in [3.63, 3.8) is 0 Å². The number of anilines is 1. The van der Waals surface area contributed by atoms with Gasteiger partial charge in [-0.15, -0.1) is 0 Å². The van der Waals surface area contributed by atoms with E-state index in [1.54, 1.807) is 30.3 Å². The summed E-state index contributed by atoms with van der Waals surface area (Å²) in [7, 11) is -1.15. The second-order valence-corrected chi connectivity index (χ2v) is 12.2. The molecule has 0 aliphatic heterocycles. The fourth-order valence-electron chi connectivity index (χ4n) is 4.28. The van der Waals surface area contributed by atoms with Gasteiger partial charge in [0, 0.05) is 33.1 Å². The molecule has 0 spiro atoms. The van der Waals surface area contributed by atoms with Crippen LogP contribution in [0.5, 0.6) is 0 Å². The molecule has 8 nitrogen and oxygen atoms in total. The standard InChI is InChI=1S/C31H40N4O4S/c1-6-25(3)32-31(37)29(21-26-16-9-7-10-17-26)34(22-27-18-14-13-15-24(27)2)30(36)23-35(40(38,39)33(4)5)28-19-11-8-12-20-28/h7-20,25,29H,6,21-23H2,1-5H3,(H,32,37)/t25-,29-/m0/s1. The summed E-state index contributed by atoms with van der Waals surface area (Å²) < 4.78 is 28.9. The average Bonchev–Trinajstić information content (AvgIpc) is 2.95. The molecule has 0 aliphatic rings. The van der Waals surface area contributed by atoms with Gasteiger partial charge in [0.25, 0.3) is 0 Å². The highest BCUT2D eigenvalue weighted by molar-refractivity contribution is 7.90. The van der Waals surface area contributed by atoms with Gasteiger partial charge < -0.3 is 10.2 Å². The normalized spacial score (nSPS) is 12.9. The molecular weight excluding hydrogens is 524 g/mol. The van der Waals surface area contributed by atoms with Crippen molar-refractivity contribution in [2.75, 3.05) is 24.9 Å². The molecule has 40 heavy (non-hydrogen) atoms. The minimum absolute atomic E-state index is 0.0869. The molecule has 0 heterocycles. The van der Waals surface area contributed by atoms with Crippen molar-refractivity contribution >= 4 is 27.7 Å². The third-order valence-electron chi connectivity index (χ3n) is 6.94. The lowest BCUT2D eigenvalue weighted by atomic mass is 10.0. The second-order valence-electron chi connectivity index (χ2n) is 10.1. The van der Waals surface area contributed by atoms with Gasteiger partial charge in [0.2, 0.25) is 11.8 Å². The number of nitrogens with zero attached hydrogens (tertiary/aromatic N) is 3. The number of para-hydroxylation sites is 1. The Morgan fingerprint density at radius 3 is 2.02 bits per heavy atom. The summed E-state index contributed by atoms with van der Waals surface area (Å²) in [5.74, 6) is -0.750. The lowest BCUT2D eigenvalue weighted by Crippen LogP contribution is -2.55. The molecule has 3 rings (SSSR count). The Bertz CT molecular complexity index is 1360. The van der Waals surface area contributed by atoms with E-state index in [4.69, 9.17) is 0 Å². The predicted octanol–water partition coefficient (Wildman–Crippen LogP) is 4.16. The highest BCUT2D eigenvalue weighted by atomic mass is 32.2. The highest BCUT2D eigenvalue weighted by Gasteiger charge is 2.35. The summed E-state index contributed by atoms with van der Waals surface area (Å²) in [5.41, 5.74) is 3.12. The van der Waals surface area contributed by atoms with Gasteiger partial charge in [-0.25, -0.2) is 4.31 Å². The molecule has 0 radical (unpaired) electrons. The number of amides is 2. The molecule has 0 fully saturated rings. The van der Waals surface area contributed by atoms with Gasteiger partial charge in [0.15, 0.2) is 0 Å². The smallest absolute Gasteiger partial charge is 0.304 e. The van der Waals surface area contributed by atoms with Gasteiger partial charge in [-0.05, 0) is 49.1 Å². The number of aryl methyl sites for hydroxylation is 1. The van der Waals surface area contributed by atoms with Crippen LogP contribution in [0.3, 0.4) is 0 Å². The molecule has 0 aliphatic carbocycles. The van der Waals surface area contributed by atoms with Gasteiger partial charge in [-0.2, -0.15) is 12.7 Å². The highest BCUT2D eigenvalue weighted by Crippen LogP contribution is 2.22. The fourth-order valence-corrected chi connectivity index (χ4v) is 5.33. The first kappa shape index (κ1) is 30.8. The van der Waals surface area contributed by atoms with Crippen molar-refractivity contribution in [1.29, 1.82) is 0 Å². The Morgan fingerprint density at radius 1 is 0.875 bits per heavy atom. The topological polar surface area (TPSA) is 90.0 Å². The molecule has 0 saturated carbocycles. The zero-order chi connectivity index (χ0) is 29.3. The SMILES string of the molecule is CC[C@H](C)NC(=O)[C@H](Cc1ccccc1)N(Cc1ccccc1C)C(=O)CN(c1ccccc1)S(=O)(=O)N(C)C. The van der Waals surface area contributed by atoms with E-state index in [1.165, 1.54) is 19.0 Å². The van der Waals surface area contributed by atoms with E-state index in [2.05, 4.69) is 5.32 Å². The van der Waals surface area contributed by atoms with Crippen molar-refractivity contribution in [2.45, 2.75) is 52.2 Å². The summed E-state index contributed by atoms with van der Waals surface area (Å²) in [6, 6.07) is 24.8. The Kier molecular flexibility index (Phi) is 10.9. The van der Waals surface area contributed by atoms with Crippen LogP contribution in [-0.2, 0) is 32.8 Å². The minimum atomic E-state index is -4.01. The van der Waals surface area contributed by atoms with E-state index in [1.807, 2.05) is 75.4 Å². The third kappa shape index (κ3) is 7.92. The Labute approximate surface area is 238 Å². The molecule has 0 aromatic heterocycles. The molecule has 2 amide bonds. The van der Waals surface area contributed by atoms with Crippen LogP contribution >= 0.6 is 0 Å². The van der Waals surface area contributed by atoms with Crippen LogP contribution in [0.2, 0.25) is 0 Å². The Balaban J connectivity index is 2.09. The molecular formula is C31H40N4O4S. The number of hydrogen-bond donors (Lipinski definition) is 1. The number of nitrogens with one attached hydrogen (secondary N) is 1. The van der Waals surface area contributed by atoms with E-state index >= 15 is 0 Å². The van der Waals surface area contributed by atoms with Crippen molar-refractivity contribution < 1.29 is 18.0 Å². The summed E-state index contributed by atoms with van der Waals surface area (Å²) in [5, 5.41) is 3.05. The molecule has 2 atom stereocenters. The molecule has 0 saturated heterocycles. The minimum Gasteiger partial charge on any atom is -0.352 e. The zero-order valence-corrected chi connectivity index (χ0v) is 24.8. The molecule has 214 valence electrons. The monoisotopic (exact) mass is 564 g/mol. The van der Waals surface area contributed by atoms with Crippen LogP contribution in [0.1, 0.15) is 37.0 Å². The maximum absolute atomic E-state index is 14.2. The van der Waals surface area contributed by atoms with Gasteiger partial charge in [-0.1, -0.05) is 79.7 Å². The van der Waals surface area contributed by atoms with Gasteiger partial charge in [-0.3, -0.25) is 9.59 Å². The summed E-state index contributed by atoms with van der Waals surface area (Å²) >= 11 is 0. The van der Waals surface area contributed by atoms with Crippen LogP contribution in [-0.4, -0.2) is 62.2 Å². The van der Waals surface area contributed by atoms with Crippen LogP contribution < -0.4 is 9.62 Å². The van der Waals surface area contributed by atoms with Crippen LogP contribution in [0.25, 0.3) is 0 Å². The van der Waals surface area contributed by atoms with Crippen molar-refractivity contribution in [3.8, 4) is 0 Å².